The maximum atomic E-state index is 12.5. The quantitative estimate of drug-likeness (QED) is 0.474. The van der Waals surface area contributed by atoms with E-state index in [-0.39, 0.29) is 35.8 Å². The van der Waals surface area contributed by atoms with Crippen molar-refractivity contribution in [1.82, 2.24) is 4.98 Å². The fraction of sp³-hybridized carbons (Fsp3) is 0.263. The van der Waals surface area contributed by atoms with E-state index in [4.69, 9.17) is 37.4 Å². The van der Waals surface area contributed by atoms with Gasteiger partial charge in [0.25, 0.3) is 0 Å². The van der Waals surface area contributed by atoms with Crippen LogP contribution in [-0.4, -0.2) is 24.8 Å². The fourth-order valence-electron chi connectivity index (χ4n) is 2.06. The van der Waals surface area contributed by atoms with Gasteiger partial charge in [0.1, 0.15) is 28.7 Å². The summed E-state index contributed by atoms with van der Waals surface area (Å²) in [5.41, 5.74) is -0.555. The lowest BCUT2D eigenvalue weighted by atomic mass is 10.2. The third-order valence-electron chi connectivity index (χ3n) is 3.42. The van der Waals surface area contributed by atoms with Crippen molar-refractivity contribution >= 4 is 23.2 Å². The second kappa shape index (κ2) is 10.8. The van der Waals surface area contributed by atoms with Crippen LogP contribution in [0, 0.1) is 11.3 Å². The van der Waals surface area contributed by atoms with Crippen molar-refractivity contribution in [2.45, 2.75) is 12.6 Å². The molecular weight excluding hydrogens is 432 g/mol. The van der Waals surface area contributed by atoms with Crippen molar-refractivity contribution in [2.75, 3.05) is 19.8 Å². The highest BCUT2D eigenvalue weighted by Crippen LogP contribution is 2.29. The number of ether oxygens (including phenoxy) is 3. The van der Waals surface area contributed by atoms with Gasteiger partial charge in [-0.05, 0) is 24.3 Å². The molecule has 0 bridgehead atoms. The van der Waals surface area contributed by atoms with Crippen LogP contribution in [0.3, 0.4) is 0 Å². The maximum Gasteiger partial charge on any atom is 0.417 e. The number of aromatic nitrogens is 1. The molecule has 0 fully saturated rings. The second-order valence-corrected chi connectivity index (χ2v) is 6.52. The van der Waals surface area contributed by atoms with Crippen LogP contribution < -0.4 is 14.2 Å². The van der Waals surface area contributed by atoms with Crippen LogP contribution in [0.2, 0.25) is 0 Å². The average molecular weight is 447 g/mol. The highest BCUT2D eigenvalue weighted by Gasteiger charge is 2.30. The van der Waals surface area contributed by atoms with Gasteiger partial charge in [0, 0.05) is 24.8 Å². The third-order valence-corrected chi connectivity index (χ3v) is 3.73. The Morgan fingerprint density at radius 3 is 2.48 bits per heavy atom. The molecule has 29 heavy (non-hydrogen) atoms. The molecular formula is C19H15Cl2F3N2O3. The Labute approximate surface area is 175 Å². The first-order chi connectivity index (χ1) is 13.8. The van der Waals surface area contributed by atoms with Crippen LogP contribution in [0.5, 0.6) is 17.4 Å². The average Bonchev–Trinajstić information content (AvgIpc) is 2.67. The van der Waals surface area contributed by atoms with Crippen molar-refractivity contribution in [1.29, 1.82) is 5.26 Å². The molecule has 0 aliphatic rings. The molecule has 0 saturated heterocycles. The molecule has 0 spiro atoms. The molecule has 0 aliphatic carbocycles. The molecule has 1 aromatic carbocycles. The molecule has 1 heterocycles. The van der Waals surface area contributed by atoms with Gasteiger partial charge in [-0.25, -0.2) is 4.98 Å². The lowest BCUT2D eigenvalue weighted by Crippen LogP contribution is -2.08. The minimum Gasteiger partial charge on any atom is -0.492 e. The third kappa shape index (κ3) is 7.72. The van der Waals surface area contributed by atoms with Gasteiger partial charge in [-0.1, -0.05) is 23.2 Å². The SMILES string of the molecule is N#Cc1cc(OCC=C(Cl)Cl)ccc1OCCCOc1ccc(C(F)(F)F)cn1. The molecule has 0 atom stereocenters. The highest BCUT2D eigenvalue weighted by atomic mass is 35.5. The van der Waals surface area contributed by atoms with Crippen molar-refractivity contribution in [3.63, 3.8) is 0 Å². The Morgan fingerprint density at radius 1 is 1.10 bits per heavy atom. The Hall–Kier alpha value is -2.63. The predicted molar refractivity (Wildman–Crippen MR) is 101 cm³/mol. The first-order valence-electron chi connectivity index (χ1n) is 8.26. The first-order valence-corrected chi connectivity index (χ1v) is 9.02. The molecule has 10 heteroatoms. The zero-order valence-electron chi connectivity index (χ0n) is 14.9. The molecule has 0 N–H and O–H groups in total. The number of halogens is 5. The van der Waals surface area contributed by atoms with Gasteiger partial charge in [-0.3, -0.25) is 0 Å². The van der Waals surface area contributed by atoms with Gasteiger partial charge >= 0.3 is 6.18 Å². The normalized spacial score (nSPS) is 10.8. The summed E-state index contributed by atoms with van der Waals surface area (Å²) in [4.78, 5) is 3.61. The van der Waals surface area contributed by atoms with Gasteiger partial charge in [-0.2, -0.15) is 18.4 Å². The van der Waals surface area contributed by atoms with Gasteiger partial charge in [-0.15, -0.1) is 0 Å². The van der Waals surface area contributed by atoms with Crippen molar-refractivity contribution in [3.8, 4) is 23.4 Å². The number of hydrogen-bond acceptors (Lipinski definition) is 5. The van der Waals surface area contributed by atoms with Crippen molar-refractivity contribution < 1.29 is 27.4 Å². The molecule has 154 valence electrons. The molecule has 0 unspecified atom stereocenters. The van der Waals surface area contributed by atoms with E-state index in [9.17, 15) is 18.4 Å². The number of benzene rings is 1. The molecule has 2 rings (SSSR count). The number of alkyl halides is 3. The standard InChI is InChI=1S/C19H15Cl2F3N2O3/c20-17(21)6-9-27-15-3-4-16(13(10-15)11-25)28-7-1-8-29-18-5-2-14(12-26-18)19(22,23)24/h2-6,10,12H,1,7-9H2. The summed E-state index contributed by atoms with van der Waals surface area (Å²) in [7, 11) is 0. The van der Waals surface area contributed by atoms with Crippen LogP contribution in [-0.2, 0) is 6.18 Å². The van der Waals surface area contributed by atoms with E-state index in [0.717, 1.165) is 12.1 Å². The maximum absolute atomic E-state index is 12.5. The van der Waals surface area contributed by atoms with E-state index in [1.807, 2.05) is 6.07 Å². The summed E-state index contributed by atoms with van der Waals surface area (Å²) < 4.78 is 53.7. The van der Waals surface area contributed by atoms with E-state index in [0.29, 0.717) is 24.1 Å². The number of hydrogen-bond donors (Lipinski definition) is 0. The second-order valence-electron chi connectivity index (χ2n) is 5.51. The van der Waals surface area contributed by atoms with Crippen molar-refractivity contribution in [3.05, 3.63) is 58.2 Å². The lowest BCUT2D eigenvalue weighted by Gasteiger charge is -2.11. The number of nitriles is 1. The number of pyridine rings is 1. The predicted octanol–water partition coefficient (Wildman–Crippen LogP) is 5.52. The van der Waals surface area contributed by atoms with Gasteiger partial charge < -0.3 is 14.2 Å². The summed E-state index contributed by atoms with van der Waals surface area (Å²) in [5, 5.41) is 9.23. The molecule has 5 nitrogen and oxygen atoms in total. The van der Waals surface area contributed by atoms with E-state index in [2.05, 4.69) is 4.98 Å². The number of rotatable bonds is 9. The lowest BCUT2D eigenvalue weighted by molar-refractivity contribution is -0.137. The first kappa shape index (κ1) is 22.7. The Morgan fingerprint density at radius 2 is 1.86 bits per heavy atom. The summed E-state index contributed by atoms with van der Waals surface area (Å²) in [5.74, 6) is 0.915. The number of nitrogens with zero attached hydrogens (tertiary/aromatic N) is 2. The smallest absolute Gasteiger partial charge is 0.417 e. The van der Waals surface area contributed by atoms with Gasteiger partial charge in [0.05, 0.1) is 24.3 Å². The van der Waals surface area contributed by atoms with E-state index < -0.39 is 11.7 Å². The van der Waals surface area contributed by atoms with Crippen LogP contribution >= 0.6 is 23.2 Å². The summed E-state index contributed by atoms with van der Waals surface area (Å²) in [6.07, 6.45) is -1.83. The van der Waals surface area contributed by atoms with Crippen LogP contribution in [0.25, 0.3) is 0 Å². The van der Waals surface area contributed by atoms with Crippen molar-refractivity contribution in [2.24, 2.45) is 0 Å². The Kier molecular flexibility index (Phi) is 8.43. The van der Waals surface area contributed by atoms with Gasteiger partial charge in [0.2, 0.25) is 5.88 Å². The molecule has 2 aromatic rings. The molecule has 1 aromatic heterocycles. The zero-order valence-corrected chi connectivity index (χ0v) is 16.4. The largest absolute Gasteiger partial charge is 0.492 e. The molecule has 0 aliphatic heterocycles. The highest BCUT2D eigenvalue weighted by molar-refractivity contribution is 6.55. The minimum atomic E-state index is -4.44. The summed E-state index contributed by atoms with van der Waals surface area (Å²) in [6, 6.07) is 8.82. The topological polar surface area (TPSA) is 64.4 Å². The van der Waals surface area contributed by atoms with Crippen LogP contribution in [0.1, 0.15) is 17.5 Å². The van der Waals surface area contributed by atoms with E-state index in [1.54, 1.807) is 12.1 Å². The van der Waals surface area contributed by atoms with Crippen LogP contribution in [0.15, 0.2) is 47.1 Å². The molecule has 0 amide bonds. The molecule has 0 radical (unpaired) electrons. The fourth-order valence-corrected chi connectivity index (χ4v) is 2.19. The van der Waals surface area contributed by atoms with E-state index >= 15 is 0 Å². The van der Waals surface area contributed by atoms with Gasteiger partial charge in [0.15, 0.2) is 0 Å². The Bertz CT molecular complexity index is 878. The molecule has 0 saturated carbocycles. The minimum absolute atomic E-state index is 0.0826. The van der Waals surface area contributed by atoms with E-state index in [1.165, 1.54) is 12.1 Å². The zero-order chi connectivity index (χ0) is 21.3. The Balaban J connectivity index is 1.78. The summed E-state index contributed by atoms with van der Waals surface area (Å²) >= 11 is 11.0. The van der Waals surface area contributed by atoms with Crippen LogP contribution in [0.4, 0.5) is 13.2 Å². The monoisotopic (exact) mass is 446 g/mol. The summed E-state index contributed by atoms with van der Waals surface area (Å²) in [6.45, 7) is 0.579.